The second-order valence-electron chi connectivity index (χ2n) is 8.19. The van der Waals surface area contributed by atoms with Crippen molar-refractivity contribution in [3.8, 4) is 0 Å². The van der Waals surface area contributed by atoms with E-state index in [4.69, 9.17) is 0 Å². The first-order valence-corrected chi connectivity index (χ1v) is 12.5. The van der Waals surface area contributed by atoms with Gasteiger partial charge in [0.15, 0.2) is 0 Å². The molecule has 7 nitrogen and oxygen atoms in total. The van der Waals surface area contributed by atoms with Crippen LogP contribution in [-0.4, -0.2) is 38.6 Å². The molecule has 2 aromatic carbocycles. The van der Waals surface area contributed by atoms with E-state index in [1.54, 1.807) is 54.6 Å². The summed E-state index contributed by atoms with van der Waals surface area (Å²) in [6.07, 6.45) is 8.11. The van der Waals surface area contributed by atoms with Crippen LogP contribution in [0.15, 0.2) is 54.6 Å². The molecule has 1 aliphatic carbocycles. The lowest BCUT2D eigenvalue weighted by atomic mass is 10.1. The average molecular weight is 454 g/mol. The van der Waals surface area contributed by atoms with Gasteiger partial charge in [-0.1, -0.05) is 25.0 Å². The van der Waals surface area contributed by atoms with Gasteiger partial charge in [0.25, 0.3) is 5.91 Å². The molecule has 4 rings (SSSR count). The van der Waals surface area contributed by atoms with Crippen LogP contribution in [0, 0.1) is 0 Å². The minimum absolute atomic E-state index is 0.0835. The minimum atomic E-state index is -3.20. The molecule has 2 aliphatic rings. The van der Waals surface area contributed by atoms with Crippen molar-refractivity contribution >= 4 is 39.3 Å². The first-order chi connectivity index (χ1) is 15.4. The number of hydrogen-bond donors (Lipinski definition) is 2. The Morgan fingerprint density at radius 3 is 2.25 bits per heavy atom. The Morgan fingerprint density at radius 1 is 0.938 bits per heavy atom. The van der Waals surface area contributed by atoms with E-state index in [0.717, 1.165) is 31.2 Å². The summed E-state index contributed by atoms with van der Waals surface area (Å²) in [6, 6.07) is 14.1. The first-order valence-electron chi connectivity index (χ1n) is 10.9. The Balaban J connectivity index is 1.30. The second-order valence-corrected chi connectivity index (χ2v) is 10.2. The summed E-state index contributed by atoms with van der Waals surface area (Å²) >= 11 is 0. The third-order valence-corrected chi connectivity index (χ3v) is 7.68. The average Bonchev–Trinajstić information content (AvgIpc) is 3.42. The molecule has 2 fully saturated rings. The van der Waals surface area contributed by atoms with Gasteiger partial charge in [0.1, 0.15) is 0 Å². The Morgan fingerprint density at radius 2 is 1.62 bits per heavy atom. The van der Waals surface area contributed by atoms with Crippen molar-refractivity contribution in [3.63, 3.8) is 0 Å². The summed E-state index contributed by atoms with van der Waals surface area (Å²) in [5, 5.41) is 5.82. The predicted octanol–water partition coefficient (Wildman–Crippen LogP) is 3.55. The molecule has 2 amide bonds. The predicted molar refractivity (Wildman–Crippen MR) is 126 cm³/mol. The smallest absolute Gasteiger partial charge is 0.251 e. The van der Waals surface area contributed by atoms with Crippen molar-refractivity contribution in [1.82, 2.24) is 5.32 Å². The molecule has 0 bridgehead atoms. The third kappa shape index (κ3) is 5.37. The van der Waals surface area contributed by atoms with E-state index in [-0.39, 0.29) is 23.6 Å². The van der Waals surface area contributed by atoms with Crippen molar-refractivity contribution in [2.24, 2.45) is 0 Å². The fourth-order valence-electron chi connectivity index (χ4n) is 4.08. The van der Waals surface area contributed by atoms with Gasteiger partial charge in [0.05, 0.1) is 11.4 Å². The van der Waals surface area contributed by atoms with Gasteiger partial charge in [-0.15, -0.1) is 0 Å². The molecule has 0 aromatic heterocycles. The summed E-state index contributed by atoms with van der Waals surface area (Å²) in [4.78, 5) is 24.5. The lowest BCUT2D eigenvalue weighted by molar-refractivity contribution is -0.111. The lowest BCUT2D eigenvalue weighted by Crippen LogP contribution is -2.32. The fourth-order valence-corrected chi connectivity index (χ4v) is 5.65. The summed E-state index contributed by atoms with van der Waals surface area (Å²) in [6.45, 7) is 0.501. The van der Waals surface area contributed by atoms with E-state index in [1.807, 2.05) is 0 Å². The van der Waals surface area contributed by atoms with Gasteiger partial charge in [0.2, 0.25) is 15.9 Å². The molecule has 1 saturated heterocycles. The van der Waals surface area contributed by atoms with Crippen LogP contribution in [0.3, 0.4) is 0 Å². The zero-order valence-corrected chi connectivity index (χ0v) is 18.6. The number of rotatable bonds is 6. The highest BCUT2D eigenvalue weighted by Gasteiger charge is 2.28. The largest absolute Gasteiger partial charge is 0.349 e. The van der Waals surface area contributed by atoms with Crippen LogP contribution in [0.5, 0.6) is 0 Å². The number of anilines is 2. The molecule has 0 spiro atoms. The van der Waals surface area contributed by atoms with E-state index in [1.165, 1.54) is 10.4 Å². The maximum absolute atomic E-state index is 12.3. The van der Waals surface area contributed by atoms with Crippen molar-refractivity contribution in [3.05, 3.63) is 65.7 Å². The number of nitrogens with one attached hydrogen (secondary N) is 2. The van der Waals surface area contributed by atoms with E-state index in [2.05, 4.69) is 10.6 Å². The minimum Gasteiger partial charge on any atom is -0.349 e. The molecule has 2 aromatic rings. The van der Waals surface area contributed by atoms with Crippen molar-refractivity contribution in [1.29, 1.82) is 0 Å². The maximum atomic E-state index is 12.3. The zero-order valence-electron chi connectivity index (χ0n) is 17.8. The van der Waals surface area contributed by atoms with Gasteiger partial charge in [-0.05, 0) is 67.3 Å². The van der Waals surface area contributed by atoms with E-state index >= 15 is 0 Å². The highest BCUT2D eigenvalue weighted by Crippen LogP contribution is 2.24. The Hall–Kier alpha value is -3.13. The van der Waals surface area contributed by atoms with Crippen LogP contribution in [-0.2, 0) is 14.8 Å². The number of amides is 2. The van der Waals surface area contributed by atoms with Gasteiger partial charge < -0.3 is 10.6 Å². The van der Waals surface area contributed by atoms with Crippen LogP contribution in [0.1, 0.15) is 48.0 Å². The topological polar surface area (TPSA) is 95.6 Å². The van der Waals surface area contributed by atoms with Gasteiger partial charge in [-0.3, -0.25) is 13.9 Å². The van der Waals surface area contributed by atoms with Crippen LogP contribution < -0.4 is 14.9 Å². The monoisotopic (exact) mass is 453 g/mol. The number of hydrogen-bond acceptors (Lipinski definition) is 4. The quantitative estimate of drug-likeness (QED) is 0.654. The Kier molecular flexibility index (Phi) is 6.60. The molecular formula is C24H27N3O4S. The van der Waals surface area contributed by atoms with Crippen LogP contribution in [0.4, 0.5) is 11.4 Å². The Labute approximate surface area is 188 Å². The van der Waals surface area contributed by atoms with Gasteiger partial charge in [0, 0.05) is 29.9 Å². The van der Waals surface area contributed by atoms with Gasteiger partial charge in [-0.2, -0.15) is 0 Å². The number of sulfonamides is 1. The molecule has 1 aliphatic heterocycles. The van der Waals surface area contributed by atoms with E-state index in [0.29, 0.717) is 29.9 Å². The van der Waals surface area contributed by atoms with Crippen molar-refractivity contribution in [2.45, 2.75) is 38.1 Å². The highest BCUT2D eigenvalue weighted by atomic mass is 32.2. The summed E-state index contributed by atoms with van der Waals surface area (Å²) in [5.41, 5.74) is 2.61. The first kappa shape index (κ1) is 22.1. The van der Waals surface area contributed by atoms with Crippen LogP contribution >= 0.6 is 0 Å². The molecule has 8 heteroatoms. The molecule has 168 valence electrons. The fraction of sp³-hybridized carbons (Fsp3) is 0.333. The molecule has 0 atom stereocenters. The SMILES string of the molecule is O=C(C=Cc1ccc(N2CCCS2(=O)=O)cc1)Nc1ccc(C(=O)NC2CCCC2)cc1. The van der Waals surface area contributed by atoms with E-state index < -0.39 is 10.0 Å². The second kappa shape index (κ2) is 9.56. The lowest BCUT2D eigenvalue weighted by Gasteiger charge is -2.16. The molecule has 1 saturated carbocycles. The van der Waals surface area contributed by atoms with Crippen molar-refractivity contribution in [2.75, 3.05) is 21.9 Å². The number of carbonyl (C=O) groups excluding carboxylic acids is 2. The van der Waals surface area contributed by atoms with Crippen molar-refractivity contribution < 1.29 is 18.0 Å². The van der Waals surface area contributed by atoms with Crippen LogP contribution in [0.2, 0.25) is 0 Å². The molecule has 32 heavy (non-hydrogen) atoms. The number of nitrogens with zero attached hydrogens (tertiary/aromatic N) is 1. The van der Waals surface area contributed by atoms with Gasteiger partial charge in [-0.25, -0.2) is 8.42 Å². The molecule has 0 unspecified atom stereocenters. The molecule has 1 heterocycles. The zero-order chi connectivity index (χ0) is 22.6. The standard InChI is InChI=1S/C24H27N3O4S/c28-23(15-8-18-6-13-22(14-7-18)27-16-3-17-32(27,30)31)25-21-11-9-19(10-12-21)24(29)26-20-4-1-2-5-20/h6-15,20H,1-5,16-17H2,(H,25,28)(H,26,29). The summed E-state index contributed by atoms with van der Waals surface area (Å²) < 4.78 is 25.4. The molecule has 2 N–H and O–H groups in total. The summed E-state index contributed by atoms with van der Waals surface area (Å²) in [7, 11) is -3.20. The van der Waals surface area contributed by atoms with Gasteiger partial charge >= 0.3 is 0 Å². The van der Waals surface area contributed by atoms with Crippen LogP contribution in [0.25, 0.3) is 6.08 Å². The maximum Gasteiger partial charge on any atom is 0.251 e. The third-order valence-electron chi connectivity index (χ3n) is 5.81. The number of carbonyl (C=O) groups is 2. The van der Waals surface area contributed by atoms with E-state index in [9.17, 15) is 18.0 Å². The normalized spacial score (nSPS) is 18.2. The highest BCUT2D eigenvalue weighted by molar-refractivity contribution is 7.93. The molecule has 0 radical (unpaired) electrons. The Bertz CT molecular complexity index is 1100. The summed E-state index contributed by atoms with van der Waals surface area (Å²) in [5.74, 6) is -0.194. The number of benzene rings is 2. The molecular weight excluding hydrogens is 426 g/mol.